The molecule has 0 amide bonds. The maximum Gasteiger partial charge on any atom is 0.212 e. The quantitative estimate of drug-likeness (QED) is 0.690. The lowest BCUT2D eigenvalue weighted by molar-refractivity contribution is 0.108. The fourth-order valence-electron chi connectivity index (χ4n) is 4.07. The van der Waals surface area contributed by atoms with Crippen LogP contribution in [-0.2, 0) is 10.0 Å². The molecule has 2 atom stereocenters. The number of hydrogen-bond acceptors (Lipinski definition) is 5. The van der Waals surface area contributed by atoms with E-state index in [9.17, 15) is 8.42 Å². The Hall–Kier alpha value is -1.02. The van der Waals surface area contributed by atoms with Gasteiger partial charge in [0.15, 0.2) is 5.82 Å². The average molecular weight is 402 g/mol. The highest BCUT2D eigenvalue weighted by Crippen LogP contribution is 2.38. The summed E-state index contributed by atoms with van der Waals surface area (Å²) >= 11 is 0. The van der Waals surface area contributed by atoms with E-state index < -0.39 is 21.1 Å². The Morgan fingerprint density at radius 3 is 1.96 bits per heavy atom. The zero-order chi connectivity index (χ0) is 21.4. The topological polar surface area (TPSA) is 81.0 Å². The second-order valence-electron chi connectivity index (χ2n) is 10.3. The lowest BCUT2D eigenvalue weighted by atomic mass is 9.85. The first kappa shape index (κ1) is 24.0. The molecule has 27 heavy (non-hydrogen) atoms. The Morgan fingerprint density at radius 1 is 1.07 bits per heavy atom. The van der Waals surface area contributed by atoms with E-state index in [4.69, 9.17) is 0 Å². The number of hydrogen-bond donors (Lipinski definition) is 0. The minimum atomic E-state index is -3.38. The van der Waals surface area contributed by atoms with E-state index in [0.29, 0.717) is 6.42 Å². The van der Waals surface area contributed by atoms with Gasteiger partial charge < -0.3 is 0 Å². The van der Waals surface area contributed by atoms with E-state index in [0.717, 1.165) is 12.2 Å². The van der Waals surface area contributed by atoms with E-state index in [-0.39, 0.29) is 17.4 Å². The first-order valence-electron chi connectivity index (χ1n) is 9.71. The zero-order valence-electron chi connectivity index (χ0n) is 19.0. The van der Waals surface area contributed by atoms with Crippen LogP contribution in [0.25, 0.3) is 0 Å². The molecule has 0 bridgehead atoms. The fourth-order valence-corrected chi connectivity index (χ4v) is 6.04. The van der Waals surface area contributed by atoms with Crippen molar-refractivity contribution in [1.29, 1.82) is 0 Å². The molecule has 0 spiro atoms. The summed E-state index contributed by atoms with van der Waals surface area (Å²) in [6.45, 7) is 20.5. The standard InChI is InChI=1S/C19H39N5O2S/c1-12-15(16-20-21-22-23(16)14(2)17(3,4)5)13-19(9,10)24(18(6,7)8)27(11,25)26/h14-15H,12-13H2,1-11H3. The molecular formula is C19H39N5O2S. The molecule has 0 fully saturated rings. The van der Waals surface area contributed by atoms with Gasteiger partial charge in [0.25, 0.3) is 0 Å². The molecule has 1 heterocycles. The lowest BCUT2D eigenvalue weighted by Crippen LogP contribution is -2.57. The predicted molar refractivity (Wildman–Crippen MR) is 110 cm³/mol. The first-order chi connectivity index (χ1) is 11.9. The van der Waals surface area contributed by atoms with Crippen molar-refractivity contribution in [3.8, 4) is 0 Å². The third kappa shape index (κ3) is 5.73. The molecule has 0 saturated carbocycles. The average Bonchev–Trinajstić information content (AvgIpc) is 2.87. The smallest absolute Gasteiger partial charge is 0.212 e. The van der Waals surface area contributed by atoms with Crippen molar-refractivity contribution in [2.24, 2.45) is 5.41 Å². The summed E-state index contributed by atoms with van der Waals surface area (Å²) in [4.78, 5) is 0. The van der Waals surface area contributed by atoms with Crippen LogP contribution in [0.15, 0.2) is 0 Å². The van der Waals surface area contributed by atoms with E-state index in [1.54, 1.807) is 4.31 Å². The monoisotopic (exact) mass is 401 g/mol. The molecule has 0 N–H and O–H groups in total. The number of tetrazole rings is 1. The van der Waals surface area contributed by atoms with Gasteiger partial charge in [-0.05, 0) is 70.2 Å². The van der Waals surface area contributed by atoms with Crippen LogP contribution < -0.4 is 0 Å². The summed E-state index contributed by atoms with van der Waals surface area (Å²) in [6.07, 6.45) is 2.76. The highest BCUT2D eigenvalue weighted by molar-refractivity contribution is 7.88. The summed E-state index contributed by atoms with van der Waals surface area (Å²) in [5.41, 5.74) is -1.07. The maximum absolute atomic E-state index is 12.6. The van der Waals surface area contributed by atoms with Crippen molar-refractivity contribution in [3.05, 3.63) is 5.82 Å². The van der Waals surface area contributed by atoms with E-state index >= 15 is 0 Å². The van der Waals surface area contributed by atoms with Gasteiger partial charge in [-0.15, -0.1) is 5.10 Å². The van der Waals surface area contributed by atoms with Gasteiger partial charge in [-0.2, -0.15) is 4.31 Å². The van der Waals surface area contributed by atoms with Gasteiger partial charge in [0.2, 0.25) is 10.0 Å². The molecule has 1 aromatic heterocycles. The number of sulfonamides is 1. The van der Waals surface area contributed by atoms with Gasteiger partial charge in [-0.1, -0.05) is 27.7 Å². The Kier molecular flexibility index (Phi) is 6.92. The van der Waals surface area contributed by atoms with Crippen LogP contribution >= 0.6 is 0 Å². The van der Waals surface area contributed by atoms with E-state index in [1.807, 2.05) is 39.3 Å². The van der Waals surface area contributed by atoms with Crippen LogP contribution in [0.1, 0.15) is 99.9 Å². The van der Waals surface area contributed by atoms with Gasteiger partial charge in [0.1, 0.15) is 0 Å². The lowest BCUT2D eigenvalue weighted by Gasteiger charge is -2.46. The Balaban J connectivity index is 3.31. The molecular weight excluding hydrogens is 362 g/mol. The van der Waals surface area contributed by atoms with E-state index in [1.165, 1.54) is 6.26 Å². The van der Waals surface area contributed by atoms with Crippen LogP contribution in [0.3, 0.4) is 0 Å². The number of aromatic nitrogens is 4. The van der Waals surface area contributed by atoms with Gasteiger partial charge in [-0.25, -0.2) is 13.1 Å². The zero-order valence-corrected chi connectivity index (χ0v) is 19.8. The van der Waals surface area contributed by atoms with Crippen molar-refractivity contribution in [2.75, 3.05) is 6.26 Å². The molecule has 0 aliphatic rings. The third-order valence-electron chi connectivity index (χ3n) is 5.23. The number of nitrogens with zero attached hydrogens (tertiary/aromatic N) is 5. The molecule has 1 rings (SSSR count). The van der Waals surface area contributed by atoms with Crippen LogP contribution in [0.2, 0.25) is 0 Å². The molecule has 0 aliphatic carbocycles. The summed E-state index contributed by atoms with van der Waals surface area (Å²) in [7, 11) is -3.38. The Morgan fingerprint density at radius 2 is 1.59 bits per heavy atom. The summed E-state index contributed by atoms with van der Waals surface area (Å²) in [6, 6.07) is 0.133. The largest absolute Gasteiger partial charge is 0.226 e. The fraction of sp³-hybridized carbons (Fsp3) is 0.947. The van der Waals surface area contributed by atoms with E-state index in [2.05, 4.69) is 50.1 Å². The molecule has 0 aliphatic heterocycles. The molecule has 2 unspecified atom stereocenters. The van der Waals surface area contributed by atoms with Gasteiger partial charge in [0, 0.05) is 17.0 Å². The molecule has 7 nitrogen and oxygen atoms in total. The first-order valence-corrected chi connectivity index (χ1v) is 11.6. The van der Waals surface area contributed by atoms with Crippen LogP contribution in [0.4, 0.5) is 0 Å². The molecule has 0 radical (unpaired) electrons. The predicted octanol–water partition coefficient (Wildman–Crippen LogP) is 4.00. The molecule has 0 aromatic carbocycles. The summed E-state index contributed by atoms with van der Waals surface area (Å²) in [5, 5.41) is 12.5. The third-order valence-corrected chi connectivity index (χ3v) is 6.94. The van der Waals surface area contributed by atoms with Crippen LogP contribution in [0.5, 0.6) is 0 Å². The molecule has 8 heteroatoms. The van der Waals surface area contributed by atoms with Crippen molar-refractivity contribution >= 4 is 10.0 Å². The van der Waals surface area contributed by atoms with Crippen molar-refractivity contribution in [3.63, 3.8) is 0 Å². The number of rotatable bonds is 7. The molecule has 158 valence electrons. The van der Waals surface area contributed by atoms with Crippen LogP contribution in [-0.4, -0.2) is 50.3 Å². The van der Waals surface area contributed by atoms with Gasteiger partial charge >= 0.3 is 0 Å². The minimum Gasteiger partial charge on any atom is -0.226 e. The van der Waals surface area contributed by atoms with Crippen molar-refractivity contribution in [2.45, 2.75) is 105 Å². The van der Waals surface area contributed by atoms with Crippen molar-refractivity contribution in [1.82, 2.24) is 24.5 Å². The Bertz CT molecular complexity index is 726. The van der Waals surface area contributed by atoms with Gasteiger partial charge in [0.05, 0.1) is 12.3 Å². The highest BCUT2D eigenvalue weighted by Gasteiger charge is 2.43. The highest BCUT2D eigenvalue weighted by atomic mass is 32.2. The summed E-state index contributed by atoms with van der Waals surface area (Å²) in [5.74, 6) is 0.891. The van der Waals surface area contributed by atoms with Gasteiger partial charge in [-0.3, -0.25) is 0 Å². The molecule has 0 saturated heterocycles. The SMILES string of the molecule is CCC(CC(C)(C)N(C(C)(C)C)S(C)(=O)=O)c1nnnn1C(C)C(C)(C)C. The maximum atomic E-state index is 12.6. The summed E-state index contributed by atoms with van der Waals surface area (Å²) < 4.78 is 28.7. The second-order valence-corrected chi connectivity index (χ2v) is 12.2. The normalized spacial score (nSPS) is 16.6. The van der Waals surface area contributed by atoms with Crippen molar-refractivity contribution < 1.29 is 8.42 Å². The van der Waals surface area contributed by atoms with Crippen LogP contribution in [0, 0.1) is 5.41 Å². The minimum absolute atomic E-state index is 0.0160. The Labute approximate surface area is 166 Å². The second kappa shape index (κ2) is 7.78. The molecule has 1 aromatic rings.